The van der Waals surface area contributed by atoms with Crippen LogP contribution in [0, 0.1) is 0 Å². The van der Waals surface area contributed by atoms with Crippen molar-refractivity contribution in [3.63, 3.8) is 0 Å². The molecule has 0 spiro atoms. The van der Waals surface area contributed by atoms with Gasteiger partial charge in [-0.25, -0.2) is 9.79 Å². The first kappa shape index (κ1) is 19.4. The van der Waals surface area contributed by atoms with E-state index in [0.717, 1.165) is 11.1 Å². The number of hydrogen-bond acceptors (Lipinski definition) is 5. The number of thiazole rings is 1. The average molecular weight is 425 g/mol. The first-order valence-electron chi connectivity index (χ1n) is 8.91. The Bertz CT molecular complexity index is 1310. The molecule has 1 aliphatic heterocycles. The third kappa shape index (κ3) is 3.45. The number of halogens is 1. The molecule has 0 unspecified atom stereocenters. The molecular formula is C22H17ClN2O3S. The Kier molecular flexibility index (Phi) is 5.22. The number of esters is 1. The third-order valence-corrected chi connectivity index (χ3v) is 6.06. The van der Waals surface area contributed by atoms with Crippen LogP contribution in [0.3, 0.4) is 0 Å². The van der Waals surface area contributed by atoms with Gasteiger partial charge in [0.25, 0.3) is 5.56 Å². The highest BCUT2D eigenvalue weighted by Crippen LogP contribution is 2.30. The van der Waals surface area contributed by atoms with Crippen LogP contribution in [-0.4, -0.2) is 17.6 Å². The molecule has 1 aromatic heterocycles. The Hall–Kier alpha value is -2.96. The van der Waals surface area contributed by atoms with Crippen LogP contribution >= 0.6 is 22.9 Å². The van der Waals surface area contributed by atoms with Gasteiger partial charge in [-0.05, 0) is 30.2 Å². The second-order valence-electron chi connectivity index (χ2n) is 6.51. The van der Waals surface area contributed by atoms with E-state index in [-0.39, 0.29) is 5.56 Å². The van der Waals surface area contributed by atoms with Crippen molar-refractivity contribution in [2.24, 2.45) is 4.99 Å². The van der Waals surface area contributed by atoms with Crippen LogP contribution in [0.5, 0.6) is 0 Å². The highest BCUT2D eigenvalue weighted by Gasteiger charge is 2.32. The number of methoxy groups -OCH3 is 1. The molecule has 0 saturated carbocycles. The fraction of sp³-hybridized carbons (Fsp3) is 0.136. The van der Waals surface area contributed by atoms with E-state index in [1.165, 1.54) is 18.4 Å². The molecule has 2 aromatic carbocycles. The SMILES string of the molecule is COC(=O)C1=C(C)N=c2s/c(=C/c3ccccc3Cl)c(=O)n2[C@@H]1c1ccccc1. The predicted octanol–water partition coefficient (Wildman–Crippen LogP) is 3.06. The summed E-state index contributed by atoms with van der Waals surface area (Å²) in [5, 5.41) is 0.560. The van der Waals surface area contributed by atoms with E-state index in [1.54, 1.807) is 23.6 Å². The van der Waals surface area contributed by atoms with Gasteiger partial charge in [-0.1, -0.05) is 71.5 Å². The molecule has 1 atom stereocenters. The zero-order chi connectivity index (χ0) is 20.5. The Morgan fingerprint density at radius 1 is 1.17 bits per heavy atom. The molecule has 2 heterocycles. The normalized spacial score (nSPS) is 16.4. The highest BCUT2D eigenvalue weighted by molar-refractivity contribution is 7.07. The van der Waals surface area contributed by atoms with Crippen molar-refractivity contribution in [3.8, 4) is 0 Å². The fourth-order valence-electron chi connectivity index (χ4n) is 3.38. The Morgan fingerprint density at radius 2 is 1.86 bits per heavy atom. The fourth-order valence-corrected chi connectivity index (χ4v) is 4.60. The van der Waals surface area contributed by atoms with E-state index in [9.17, 15) is 9.59 Å². The van der Waals surface area contributed by atoms with E-state index < -0.39 is 12.0 Å². The van der Waals surface area contributed by atoms with Crippen LogP contribution in [0.2, 0.25) is 5.02 Å². The van der Waals surface area contributed by atoms with Crippen molar-refractivity contribution in [2.75, 3.05) is 7.11 Å². The molecule has 4 rings (SSSR count). The maximum Gasteiger partial charge on any atom is 0.338 e. The predicted molar refractivity (Wildman–Crippen MR) is 114 cm³/mol. The summed E-state index contributed by atoms with van der Waals surface area (Å²) in [5.41, 5.74) is 2.23. The largest absolute Gasteiger partial charge is 0.466 e. The van der Waals surface area contributed by atoms with E-state index in [0.29, 0.717) is 25.6 Å². The van der Waals surface area contributed by atoms with Crippen molar-refractivity contribution >= 4 is 35.0 Å². The van der Waals surface area contributed by atoms with Gasteiger partial charge in [-0.3, -0.25) is 9.36 Å². The van der Waals surface area contributed by atoms with Crippen LogP contribution in [0.1, 0.15) is 24.1 Å². The van der Waals surface area contributed by atoms with Crippen LogP contribution < -0.4 is 14.9 Å². The molecule has 0 amide bonds. The van der Waals surface area contributed by atoms with Crippen molar-refractivity contribution in [2.45, 2.75) is 13.0 Å². The van der Waals surface area contributed by atoms with Gasteiger partial charge in [-0.2, -0.15) is 0 Å². The number of fused-ring (bicyclic) bond motifs is 1. The van der Waals surface area contributed by atoms with Crippen molar-refractivity contribution < 1.29 is 9.53 Å². The summed E-state index contributed by atoms with van der Waals surface area (Å²) in [7, 11) is 1.33. The van der Waals surface area contributed by atoms with E-state index >= 15 is 0 Å². The summed E-state index contributed by atoms with van der Waals surface area (Å²) in [6.07, 6.45) is 1.76. The van der Waals surface area contributed by atoms with E-state index in [2.05, 4.69) is 4.99 Å². The number of benzene rings is 2. The minimum absolute atomic E-state index is 0.226. The van der Waals surface area contributed by atoms with Gasteiger partial charge >= 0.3 is 5.97 Å². The second kappa shape index (κ2) is 7.81. The smallest absolute Gasteiger partial charge is 0.338 e. The van der Waals surface area contributed by atoms with Gasteiger partial charge in [0, 0.05) is 5.02 Å². The molecule has 0 bridgehead atoms. The summed E-state index contributed by atoms with van der Waals surface area (Å²) in [6.45, 7) is 1.76. The summed E-state index contributed by atoms with van der Waals surface area (Å²) in [5.74, 6) is -0.500. The Balaban J connectivity index is 2.00. The molecule has 0 N–H and O–H groups in total. The standard InChI is InChI=1S/C22H17ClN2O3S/c1-13-18(21(27)28-2)19(14-8-4-3-5-9-14)25-20(26)17(29-22(25)24-13)12-15-10-6-7-11-16(15)23/h3-12,19H,1-2H3/b17-12+/t19-/m1/s1. The van der Waals surface area contributed by atoms with Crippen LogP contribution in [0.25, 0.3) is 6.08 Å². The third-order valence-electron chi connectivity index (χ3n) is 4.73. The summed E-state index contributed by atoms with van der Waals surface area (Å²) >= 11 is 7.53. The lowest BCUT2D eigenvalue weighted by Crippen LogP contribution is -2.39. The lowest BCUT2D eigenvalue weighted by Gasteiger charge is -2.24. The number of allylic oxidation sites excluding steroid dienone is 1. The van der Waals surface area contributed by atoms with Gasteiger partial charge in [-0.15, -0.1) is 0 Å². The van der Waals surface area contributed by atoms with Gasteiger partial charge in [0.2, 0.25) is 0 Å². The first-order valence-corrected chi connectivity index (χ1v) is 10.1. The zero-order valence-electron chi connectivity index (χ0n) is 15.8. The number of hydrogen-bond donors (Lipinski definition) is 0. The summed E-state index contributed by atoms with van der Waals surface area (Å²) in [6, 6.07) is 16.1. The van der Waals surface area contributed by atoms with Crippen molar-refractivity contribution in [1.82, 2.24) is 4.57 Å². The molecule has 7 heteroatoms. The van der Waals surface area contributed by atoms with E-state index in [1.807, 2.05) is 48.5 Å². The average Bonchev–Trinajstić information content (AvgIpc) is 3.03. The number of rotatable bonds is 3. The minimum Gasteiger partial charge on any atom is -0.466 e. The Labute approximate surface area is 175 Å². The van der Waals surface area contributed by atoms with Crippen LogP contribution in [0.15, 0.2) is 75.7 Å². The molecule has 0 saturated heterocycles. The van der Waals surface area contributed by atoms with Gasteiger partial charge in [0.05, 0.1) is 29.0 Å². The number of aromatic nitrogens is 1. The zero-order valence-corrected chi connectivity index (χ0v) is 17.3. The summed E-state index contributed by atoms with van der Waals surface area (Å²) < 4.78 is 7.05. The lowest BCUT2D eigenvalue weighted by molar-refractivity contribution is -0.136. The number of nitrogens with zero attached hydrogens (tertiary/aromatic N) is 2. The van der Waals surface area contributed by atoms with E-state index in [4.69, 9.17) is 16.3 Å². The molecule has 29 heavy (non-hydrogen) atoms. The molecule has 0 fully saturated rings. The van der Waals surface area contributed by atoms with Gasteiger partial charge in [0.1, 0.15) is 0 Å². The monoisotopic (exact) mass is 424 g/mol. The number of carbonyl (C=O) groups excluding carboxylic acids is 1. The molecule has 0 radical (unpaired) electrons. The van der Waals surface area contributed by atoms with Gasteiger partial charge < -0.3 is 4.74 Å². The number of ether oxygens (including phenoxy) is 1. The molecule has 5 nitrogen and oxygen atoms in total. The van der Waals surface area contributed by atoms with Crippen molar-refractivity contribution in [1.29, 1.82) is 0 Å². The molecule has 0 aliphatic carbocycles. The number of carbonyl (C=O) groups is 1. The van der Waals surface area contributed by atoms with Gasteiger partial charge in [0.15, 0.2) is 4.80 Å². The topological polar surface area (TPSA) is 60.7 Å². The van der Waals surface area contributed by atoms with Crippen LogP contribution in [-0.2, 0) is 9.53 Å². The molecule has 1 aliphatic rings. The lowest BCUT2D eigenvalue weighted by atomic mass is 9.96. The maximum atomic E-state index is 13.3. The highest BCUT2D eigenvalue weighted by atomic mass is 35.5. The summed E-state index contributed by atoms with van der Waals surface area (Å²) in [4.78, 5) is 30.9. The first-order chi connectivity index (χ1) is 14.0. The molecule has 146 valence electrons. The van der Waals surface area contributed by atoms with Crippen molar-refractivity contribution in [3.05, 3.63) is 102 Å². The quantitative estimate of drug-likeness (QED) is 0.607. The molecule has 3 aromatic rings. The Morgan fingerprint density at radius 3 is 2.55 bits per heavy atom. The maximum absolute atomic E-state index is 13.3. The molecular weight excluding hydrogens is 408 g/mol. The van der Waals surface area contributed by atoms with Crippen LogP contribution in [0.4, 0.5) is 0 Å². The minimum atomic E-state index is -0.603. The second-order valence-corrected chi connectivity index (χ2v) is 7.92.